The van der Waals surface area contributed by atoms with Crippen molar-refractivity contribution in [2.75, 3.05) is 32.0 Å². The molecule has 0 spiro atoms. The lowest BCUT2D eigenvalue weighted by atomic mass is 9.93. The first-order chi connectivity index (χ1) is 24.5. The Balaban J connectivity index is 1.34. The van der Waals surface area contributed by atoms with E-state index in [1.165, 1.54) is 28.9 Å². The van der Waals surface area contributed by atoms with Gasteiger partial charge in [0.2, 0.25) is 5.96 Å². The summed E-state index contributed by atoms with van der Waals surface area (Å²) >= 11 is 0. The van der Waals surface area contributed by atoms with Gasteiger partial charge < -0.3 is 20.1 Å². The van der Waals surface area contributed by atoms with E-state index in [-0.39, 0.29) is 23.3 Å². The first-order valence-corrected chi connectivity index (χ1v) is 17.0. The van der Waals surface area contributed by atoms with Crippen LogP contribution in [0.5, 0.6) is 0 Å². The van der Waals surface area contributed by atoms with Gasteiger partial charge in [0.15, 0.2) is 0 Å². The molecular formula is C38H45F2N7O5. The van der Waals surface area contributed by atoms with Crippen LogP contribution in [0, 0.1) is 11.6 Å². The molecule has 1 aromatic heterocycles. The summed E-state index contributed by atoms with van der Waals surface area (Å²) in [5.74, 6) is -2.31. The first kappa shape index (κ1) is 38.0. The number of ether oxygens (including phenoxy) is 2. The number of rotatable bonds is 5. The van der Waals surface area contributed by atoms with Gasteiger partial charge >= 0.3 is 12.2 Å². The third-order valence-electron chi connectivity index (χ3n) is 8.17. The average molecular weight is 718 g/mol. The number of benzene rings is 2. The summed E-state index contributed by atoms with van der Waals surface area (Å²) in [7, 11) is 1.93. The van der Waals surface area contributed by atoms with E-state index in [1.54, 1.807) is 66.1 Å². The van der Waals surface area contributed by atoms with Gasteiger partial charge in [-0.2, -0.15) is 5.10 Å². The topological polar surface area (TPSA) is 139 Å². The van der Waals surface area contributed by atoms with Crippen LogP contribution in [0.2, 0.25) is 0 Å². The van der Waals surface area contributed by atoms with Crippen molar-refractivity contribution in [3.8, 4) is 0 Å². The lowest BCUT2D eigenvalue weighted by Gasteiger charge is -2.31. The maximum atomic E-state index is 15.4. The Morgan fingerprint density at radius 1 is 0.942 bits per heavy atom. The highest BCUT2D eigenvalue weighted by Gasteiger charge is 2.26. The second-order valence-electron chi connectivity index (χ2n) is 14.7. The molecule has 0 saturated carbocycles. The third-order valence-corrected chi connectivity index (χ3v) is 8.17. The van der Waals surface area contributed by atoms with Gasteiger partial charge in [0.1, 0.15) is 22.8 Å². The monoisotopic (exact) mass is 717 g/mol. The minimum absolute atomic E-state index is 0.0704. The second-order valence-corrected chi connectivity index (χ2v) is 14.7. The molecule has 276 valence electrons. The zero-order valence-corrected chi connectivity index (χ0v) is 30.5. The van der Waals surface area contributed by atoms with E-state index < -0.39 is 40.9 Å². The van der Waals surface area contributed by atoms with Gasteiger partial charge in [0, 0.05) is 24.8 Å². The number of halogens is 2. The third kappa shape index (κ3) is 9.98. The van der Waals surface area contributed by atoms with E-state index >= 15 is 4.39 Å². The Morgan fingerprint density at radius 3 is 2.29 bits per heavy atom. The van der Waals surface area contributed by atoms with Gasteiger partial charge in [-0.05, 0) is 115 Å². The molecule has 0 aliphatic carbocycles. The van der Waals surface area contributed by atoms with Crippen molar-refractivity contribution in [2.45, 2.75) is 71.6 Å². The number of alkyl carbamates (subject to hydrolysis) is 1. The van der Waals surface area contributed by atoms with E-state index in [2.05, 4.69) is 30.9 Å². The van der Waals surface area contributed by atoms with Gasteiger partial charge in [0.25, 0.3) is 5.91 Å². The highest BCUT2D eigenvalue weighted by Crippen LogP contribution is 2.34. The molecule has 12 nitrogen and oxygen atoms in total. The van der Waals surface area contributed by atoms with Gasteiger partial charge in [-0.3, -0.25) is 15.0 Å². The van der Waals surface area contributed by atoms with E-state index in [1.807, 2.05) is 19.2 Å². The normalized spacial score (nSPS) is 17.2. The number of carbonyl (C=O) groups is 3. The summed E-state index contributed by atoms with van der Waals surface area (Å²) in [5.41, 5.74) is 2.03. The molecule has 0 radical (unpaired) electrons. The Kier molecular flexibility index (Phi) is 11.4. The van der Waals surface area contributed by atoms with Gasteiger partial charge in [-0.25, -0.2) is 23.1 Å². The van der Waals surface area contributed by atoms with Crippen LogP contribution in [0.15, 0.2) is 65.9 Å². The molecule has 0 saturated heterocycles. The fraction of sp³-hybridized carbons (Fsp3) is 0.395. The summed E-state index contributed by atoms with van der Waals surface area (Å²) in [6, 6.07) is 8.65. The highest BCUT2D eigenvalue weighted by atomic mass is 19.1. The van der Waals surface area contributed by atoms with Crippen LogP contribution in [0.25, 0.3) is 11.1 Å². The zero-order chi connectivity index (χ0) is 37.8. The molecule has 1 unspecified atom stereocenters. The SMILES string of the molecule is CN1CCC(c2ccc(NC(=O)c3ccc(C4=CCNCC4)cc3F)c(F)c2)=CC1c1cnn(/C(=N\C(=O)OC(C)(C)C)NC(=O)OC(C)(C)C)c1. The minimum Gasteiger partial charge on any atom is -0.444 e. The number of anilines is 1. The summed E-state index contributed by atoms with van der Waals surface area (Å²) in [6.45, 7) is 12.3. The van der Waals surface area contributed by atoms with Gasteiger partial charge in [0.05, 0.1) is 23.5 Å². The predicted octanol–water partition coefficient (Wildman–Crippen LogP) is 6.91. The van der Waals surface area contributed by atoms with Crippen molar-refractivity contribution in [1.82, 2.24) is 25.3 Å². The molecule has 0 bridgehead atoms. The second kappa shape index (κ2) is 15.6. The Bertz CT molecular complexity index is 1940. The smallest absolute Gasteiger partial charge is 0.437 e. The Labute approximate surface area is 302 Å². The fourth-order valence-electron chi connectivity index (χ4n) is 5.73. The van der Waals surface area contributed by atoms with Crippen molar-refractivity contribution >= 4 is 40.9 Å². The number of aliphatic imine (C=N–C) groups is 1. The summed E-state index contributed by atoms with van der Waals surface area (Å²) < 4.78 is 42.3. The van der Waals surface area contributed by atoms with Crippen molar-refractivity contribution in [3.63, 3.8) is 0 Å². The van der Waals surface area contributed by atoms with Gasteiger partial charge in [-0.15, -0.1) is 4.99 Å². The van der Waals surface area contributed by atoms with E-state index in [4.69, 9.17) is 9.47 Å². The summed E-state index contributed by atoms with van der Waals surface area (Å²) in [5, 5.41) is 12.6. The molecule has 52 heavy (non-hydrogen) atoms. The molecule has 2 aromatic carbocycles. The molecule has 3 N–H and O–H groups in total. The van der Waals surface area contributed by atoms with Crippen LogP contribution in [0.3, 0.4) is 0 Å². The number of nitrogens with one attached hydrogen (secondary N) is 3. The first-order valence-electron chi connectivity index (χ1n) is 17.0. The predicted molar refractivity (Wildman–Crippen MR) is 195 cm³/mol. The molecule has 3 heterocycles. The molecule has 3 amide bonds. The molecule has 2 aliphatic rings. The van der Waals surface area contributed by atoms with E-state index in [0.717, 1.165) is 29.7 Å². The Hall–Kier alpha value is -5.21. The van der Waals surface area contributed by atoms with Crippen LogP contribution < -0.4 is 16.0 Å². The van der Waals surface area contributed by atoms with Crippen molar-refractivity contribution < 1.29 is 32.6 Å². The standard InChI is InChI=1S/C38H45F2N7O5/c1-37(2,3)51-35(49)44-34(45-36(50)52-38(4,5)6)47-22-27(21-42-47)32-20-26(14-17-46(32)7)25-9-11-31(30(40)19-25)43-33(48)28-10-8-24(18-29(28)39)23-12-15-41-16-13-23/h8-12,18-22,32,41H,13-17H2,1-7H3,(H,43,48)(H,44,45,49,50). The number of carbonyl (C=O) groups excluding carboxylic acids is 3. The summed E-state index contributed by atoms with van der Waals surface area (Å²) in [4.78, 5) is 44.2. The van der Waals surface area contributed by atoms with Crippen LogP contribution in [-0.2, 0) is 9.47 Å². The van der Waals surface area contributed by atoms with Crippen LogP contribution in [0.4, 0.5) is 24.1 Å². The van der Waals surface area contributed by atoms with Crippen LogP contribution in [-0.4, -0.2) is 76.6 Å². The van der Waals surface area contributed by atoms with Crippen LogP contribution in [0.1, 0.15) is 87.5 Å². The lowest BCUT2D eigenvalue weighted by molar-refractivity contribution is 0.0560. The Morgan fingerprint density at radius 2 is 1.63 bits per heavy atom. The largest absolute Gasteiger partial charge is 0.444 e. The molecule has 3 aromatic rings. The molecule has 2 aliphatic heterocycles. The molecular weight excluding hydrogens is 672 g/mol. The average Bonchev–Trinajstić information content (AvgIpc) is 3.54. The maximum Gasteiger partial charge on any atom is 0.437 e. The summed E-state index contributed by atoms with van der Waals surface area (Å²) in [6.07, 6.45) is 6.78. The number of hydrogen-bond donors (Lipinski definition) is 3. The molecule has 0 fully saturated rings. The minimum atomic E-state index is -0.928. The molecule has 5 rings (SSSR count). The number of aromatic nitrogens is 2. The van der Waals surface area contributed by atoms with Crippen molar-refractivity contribution in [2.24, 2.45) is 4.99 Å². The zero-order valence-electron chi connectivity index (χ0n) is 30.5. The number of nitrogens with zero attached hydrogens (tertiary/aromatic N) is 4. The van der Waals surface area contributed by atoms with Crippen LogP contribution >= 0.6 is 0 Å². The van der Waals surface area contributed by atoms with Crippen molar-refractivity contribution in [1.29, 1.82) is 0 Å². The maximum absolute atomic E-state index is 15.4. The highest BCUT2D eigenvalue weighted by molar-refractivity contribution is 6.05. The number of hydrogen-bond acceptors (Lipinski definition) is 8. The number of amides is 3. The van der Waals surface area contributed by atoms with E-state index in [9.17, 15) is 18.8 Å². The molecule has 14 heteroatoms. The van der Waals surface area contributed by atoms with Crippen molar-refractivity contribution in [3.05, 3.63) is 94.8 Å². The molecule has 1 atom stereocenters. The van der Waals surface area contributed by atoms with E-state index in [0.29, 0.717) is 30.6 Å². The lowest BCUT2D eigenvalue weighted by Crippen LogP contribution is -2.40. The fourth-order valence-corrected chi connectivity index (χ4v) is 5.73. The van der Waals surface area contributed by atoms with Gasteiger partial charge in [-0.1, -0.05) is 24.3 Å². The number of likely N-dealkylation sites (N-methyl/N-ethyl adjacent to an activating group) is 1. The quantitative estimate of drug-likeness (QED) is 0.191.